The Morgan fingerprint density at radius 1 is 1.07 bits per heavy atom. The van der Waals surface area contributed by atoms with E-state index in [0.29, 0.717) is 5.69 Å². The standard InChI is InChI=1S/C20H13ClF2N4S/c1-2-15-10-24-19-6-3-12(11-27(15)19)13-7-17(20(21)25-9-13)26-28-18-5-4-14(22)8-16(18)23/h2-11,26H,1H2. The molecule has 0 amide bonds. The lowest BCUT2D eigenvalue weighted by molar-refractivity contribution is 0.566. The van der Waals surface area contributed by atoms with E-state index in [1.807, 2.05) is 28.8 Å². The molecule has 0 bridgehead atoms. The summed E-state index contributed by atoms with van der Waals surface area (Å²) in [4.78, 5) is 8.76. The van der Waals surface area contributed by atoms with Gasteiger partial charge in [0.15, 0.2) is 5.15 Å². The van der Waals surface area contributed by atoms with Gasteiger partial charge in [-0.3, -0.25) is 4.40 Å². The molecule has 0 aliphatic rings. The average Bonchev–Trinajstić information content (AvgIpc) is 3.11. The predicted octanol–water partition coefficient (Wildman–Crippen LogP) is 6.09. The van der Waals surface area contributed by atoms with E-state index in [-0.39, 0.29) is 10.0 Å². The van der Waals surface area contributed by atoms with Crippen molar-refractivity contribution in [2.24, 2.45) is 0 Å². The number of imidazole rings is 1. The number of benzene rings is 1. The number of hydrogen-bond acceptors (Lipinski definition) is 4. The molecule has 0 radical (unpaired) electrons. The van der Waals surface area contributed by atoms with Crippen molar-refractivity contribution in [3.63, 3.8) is 0 Å². The summed E-state index contributed by atoms with van der Waals surface area (Å²) in [7, 11) is 0. The maximum atomic E-state index is 13.8. The van der Waals surface area contributed by atoms with Crippen LogP contribution in [-0.4, -0.2) is 14.4 Å². The SMILES string of the molecule is C=Cc1cnc2ccc(-c3cnc(Cl)c(NSc4ccc(F)cc4F)c3)cn12. The van der Waals surface area contributed by atoms with E-state index in [4.69, 9.17) is 11.6 Å². The Kier molecular flexibility index (Phi) is 5.02. The van der Waals surface area contributed by atoms with Gasteiger partial charge in [-0.1, -0.05) is 18.2 Å². The number of fused-ring (bicyclic) bond motifs is 1. The number of anilines is 1. The molecule has 4 rings (SSSR count). The molecule has 3 aromatic heterocycles. The highest BCUT2D eigenvalue weighted by Gasteiger charge is 2.10. The summed E-state index contributed by atoms with van der Waals surface area (Å²) in [5, 5.41) is 0.245. The summed E-state index contributed by atoms with van der Waals surface area (Å²) < 4.78 is 31.8. The van der Waals surface area contributed by atoms with Crippen molar-refractivity contribution in [1.29, 1.82) is 0 Å². The summed E-state index contributed by atoms with van der Waals surface area (Å²) in [6.07, 6.45) is 7.06. The number of nitrogens with zero attached hydrogens (tertiary/aromatic N) is 3. The Labute approximate surface area is 169 Å². The molecular weight excluding hydrogens is 402 g/mol. The van der Waals surface area contributed by atoms with Gasteiger partial charge in [0, 0.05) is 29.6 Å². The molecule has 0 saturated heterocycles. The van der Waals surface area contributed by atoms with Crippen molar-refractivity contribution in [3.05, 3.63) is 84.0 Å². The highest BCUT2D eigenvalue weighted by molar-refractivity contribution is 8.00. The summed E-state index contributed by atoms with van der Waals surface area (Å²) >= 11 is 7.16. The van der Waals surface area contributed by atoms with Gasteiger partial charge < -0.3 is 4.72 Å². The van der Waals surface area contributed by atoms with Crippen LogP contribution >= 0.6 is 23.5 Å². The Morgan fingerprint density at radius 3 is 2.71 bits per heavy atom. The van der Waals surface area contributed by atoms with E-state index in [9.17, 15) is 8.78 Å². The van der Waals surface area contributed by atoms with Crippen molar-refractivity contribution < 1.29 is 8.78 Å². The minimum Gasteiger partial charge on any atom is -0.323 e. The van der Waals surface area contributed by atoms with Gasteiger partial charge in [-0.15, -0.1) is 0 Å². The third-order valence-electron chi connectivity index (χ3n) is 4.08. The zero-order valence-corrected chi connectivity index (χ0v) is 15.9. The molecule has 0 aliphatic carbocycles. The van der Waals surface area contributed by atoms with Gasteiger partial charge in [0.25, 0.3) is 0 Å². The molecule has 1 N–H and O–H groups in total. The summed E-state index contributed by atoms with van der Waals surface area (Å²) in [5.74, 6) is -1.28. The smallest absolute Gasteiger partial charge is 0.152 e. The van der Waals surface area contributed by atoms with E-state index < -0.39 is 11.6 Å². The van der Waals surface area contributed by atoms with Gasteiger partial charge in [0.1, 0.15) is 17.3 Å². The summed E-state index contributed by atoms with van der Waals surface area (Å²) in [6.45, 7) is 3.79. The maximum absolute atomic E-state index is 13.8. The summed E-state index contributed by atoms with van der Waals surface area (Å²) in [5.41, 5.74) is 3.92. The lowest BCUT2D eigenvalue weighted by Gasteiger charge is -2.10. The van der Waals surface area contributed by atoms with Gasteiger partial charge in [0.2, 0.25) is 0 Å². The molecule has 0 spiro atoms. The first-order valence-electron chi connectivity index (χ1n) is 8.18. The lowest BCUT2D eigenvalue weighted by atomic mass is 10.1. The lowest BCUT2D eigenvalue weighted by Crippen LogP contribution is -1.94. The quantitative estimate of drug-likeness (QED) is 0.317. The van der Waals surface area contributed by atoms with Crippen LogP contribution in [0.1, 0.15) is 5.69 Å². The molecular formula is C20H13ClF2N4S. The van der Waals surface area contributed by atoms with Crippen molar-refractivity contribution in [2.45, 2.75) is 4.90 Å². The van der Waals surface area contributed by atoms with Crippen LogP contribution in [0.4, 0.5) is 14.5 Å². The molecule has 28 heavy (non-hydrogen) atoms. The van der Waals surface area contributed by atoms with Crippen LogP contribution in [0.3, 0.4) is 0 Å². The Balaban J connectivity index is 1.64. The van der Waals surface area contributed by atoms with E-state index in [2.05, 4.69) is 21.3 Å². The third-order valence-corrected chi connectivity index (χ3v) is 5.25. The van der Waals surface area contributed by atoms with E-state index in [0.717, 1.165) is 40.5 Å². The Morgan fingerprint density at radius 2 is 1.93 bits per heavy atom. The fraction of sp³-hybridized carbons (Fsp3) is 0. The minimum absolute atomic E-state index is 0.245. The molecule has 8 heteroatoms. The highest BCUT2D eigenvalue weighted by atomic mass is 35.5. The second-order valence-electron chi connectivity index (χ2n) is 5.87. The highest BCUT2D eigenvalue weighted by Crippen LogP contribution is 2.31. The molecule has 0 fully saturated rings. The molecule has 4 aromatic rings. The Bertz CT molecular complexity index is 1190. The average molecular weight is 415 g/mol. The first kappa shape index (κ1) is 18.5. The van der Waals surface area contributed by atoms with Crippen LogP contribution in [-0.2, 0) is 0 Å². The number of hydrogen-bond donors (Lipinski definition) is 1. The zero-order valence-electron chi connectivity index (χ0n) is 14.4. The van der Waals surface area contributed by atoms with Crippen LogP contribution in [0, 0.1) is 11.6 Å². The summed E-state index contributed by atoms with van der Waals surface area (Å²) in [6, 6.07) is 9.02. The zero-order chi connectivity index (χ0) is 19.7. The molecule has 0 aliphatic heterocycles. The van der Waals surface area contributed by atoms with Gasteiger partial charge in [-0.2, -0.15) is 0 Å². The van der Waals surface area contributed by atoms with Crippen molar-refractivity contribution in [1.82, 2.24) is 14.4 Å². The fourth-order valence-electron chi connectivity index (χ4n) is 2.67. The monoisotopic (exact) mass is 414 g/mol. The van der Waals surface area contributed by atoms with Crippen LogP contribution in [0.25, 0.3) is 22.9 Å². The topological polar surface area (TPSA) is 42.2 Å². The second-order valence-corrected chi connectivity index (χ2v) is 7.08. The molecule has 0 atom stereocenters. The van der Waals surface area contributed by atoms with Crippen molar-refractivity contribution in [2.75, 3.05) is 4.72 Å². The van der Waals surface area contributed by atoms with Gasteiger partial charge in [0.05, 0.1) is 22.5 Å². The minimum atomic E-state index is -0.653. The van der Waals surface area contributed by atoms with E-state index in [1.54, 1.807) is 18.5 Å². The van der Waals surface area contributed by atoms with E-state index >= 15 is 0 Å². The molecule has 1 aromatic carbocycles. The van der Waals surface area contributed by atoms with Crippen LogP contribution < -0.4 is 4.72 Å². The Hall–Kier alpha value is -2.90. The molecule has 0 unspecified atom stereocenters. The van der Waals surface area contributed by atoms with Crippen molar-refractivity contribution in [3.8, 4) is 11.1 Å². The van der Waals surface area contributed by atoms with Gasteiger partial charge in [-0.05, 0) is 48.4 Å². The van der Waals surface area contributed by atoms with Crippen LogP contribution in [0.5, 0.6) is 0 Å². The number of aromatic nitrogens is 3. The number of halogens is 3. The van der Waals surface area contributed by atoms with Crippen LogP contribution in [0.2, 0.25) is 5.15 Å². The van der Waals surface area contributed by atoms with Crippen LogP contribution in [0.15, 0.2) is 66.5 Å². The van der Waals surface area contributed by atoms with Crippen molar-refractivity contribution >= 4 is 41.0 Å². The third kappa shape index (κ3) is 3.58. The normalized spacial score (nSPS) is 11.0. The number of pyridine rings is 2. The largest absolute Gasteiger partial charge is 0.323 e. The molecule has 140 valence electrons. The number of nitrogens with one attached hydrogen (secondary N) is 1. The first-order chi connectivity index (χ1) is 13.5. The van der Waals surface area contributed by atoms with Gasteiger partial charge >= 0.3 is 0 Å². The molecule has 3 heterocycles. The van der Waals surface area contributed by atoms with Gasteiger partial charge in [-0.25, -0.2) is 18.7 Å². The first-order valence-corrected chi connectivity index (χ1v) is 9.38. The number of rotatable bonds is 5. The predicted molar refractivity (Wildman–Crippen MR) is 109 cm³/mol. The molecule has 0 saturated carbocycles. The maximum Gasteiger partial charge on any atom is 0.152 e. The van der Waals surface area contributed by atoms with E-state index in [1.165, 1.54) is 12.1 Å². The molecule has 4 nitrogen and oxygen atoms in total. The second kappa shape index (κ2) is 7.61. The fourth-order valence-corrected chi connectivity index (χ4v) is 3.54.